The fourth-order valence-corrected chi connectivity index (χ4v) is 2.48. The van der Waals surface area contributed by atoms with Gasteiger partial charge in [0.15, 0.2) is 6.23 Å². The maximum Gasteiger partial charge on any atom is 0.231 e. The maximum atomic E-state index is 10.0. The largest absolute Gasteiger partial charge is 0.394 e. The molecule has 0 radical (unpaired) electrons. The highest BCUT2D eigenvalue weighted by Gasteiger charge is 2.44. The van der Waals surface area contributed by atoms with Crippen molar-refractivity contribution in [3.8, 4) is 0 Å². The molecule has 0 amide bonds. The lowest BCUT2D eigenvalue weighted by Gasteiger charge is -2.16. The molecule has 2 aromatic rings. The summed E-state index contributed by atoms with van der Waals surface area (Å²) in [6.45, 7) is -0.363. The molecule has 0 unspecified atom stereocenters. The Kier molecular flexibility index (Phi) is 3.09. The molecule has 5 N–H and O–H groups in total. The topological polar surface area (TPSA) is 118 Å². The number of aliphatic hydroxyl groups excluding tert-OH is 3. The van der Waals surface area contributed by atoms with Crippen molar-refractivity contribution in [2.45, 2.75) is 24.5 Å². The predicted octanol–water partition coefficient (Wildman–Crippen LogP) is -1.95. The second kappa shape index (κ2) is 4.67. The number of rotatable bonds is 2. The summed E-state index contributed by atoms with van der Waals surface area (Å²) in [7, 11) is 1.78. The Morgan fingerprint density at radius 1 is 1.45 bits per heavy atom. The summed E-state index contributed by atoms with van der Waals surface area (Å²) < 4.78 is 8.77. The first-order valence-electron chi connectivity index (χ1n) is 6.27. The number of hydrogen-bond acceptors (Lipinski definition) is 6. The van der Waals surface area contributed by atoms with Crippen LogP contribution in [0.2, 0.25) is 0 Å². The van der Waals surface area contributed by atoms with Crippen LogP contribution in [0.1, 0.15) is 6.23 Å². The lowest BCUT2D eigenvalue weighted by molar-refractivity contribution is -0.658. The second-order valence-electron chi connectivity index (χ2n) is 4.93. The summed E-state index contributed by atoms with van der Waals surface area (Å²) in [5, 5.41) is 29.7. The molecule has 8 heteroatoms. The molecule has 1 aliphatic rings. The highest BCUT2D eigenvalue weighted by Crippen LogP contribution is 2.32. The van der Waals surface area contributed by atoms with Crippen LogP contribution in [0.3, 0.4) is 0 Å². The second-order valence-corrected chi connectivity index (χ2v) is 4.93. The van der Waals surface area contributed by atoms with E-state index in [0.717, 1.165) is 5.39 Å². The molecule has 0 aliphatic carbocycles. The van der Waals surface area contributed by atoms with E-state index in [1.54, 1.807) is 34.8 Å². The van der Waals surface area contributed by atoms with Gasteiger partial charge >= 0.3 is 0 Å². The number of nitrogens with zero attached hydrogens (tertiary/aromatic N) is 3. The van der Waals surface area contributed by atoms with Gasteiger partial charge in [0.1, 0.15) is 23.7 Å². The smallest absolute Gasteiger partial charge is 0.231 e. The van der Waals surface area contributed by atoms with Crippen LogP contribution in [0.4, 0.5) is 5.82 Å². The van der Waals surface area contributed by atoms with Gasteiger partial charge < -0.3 is 25.8 Å². The third kappa shape index (κ3) is 1.77. The fourth-order valence-electron chi connectivity index (χ4n) is 2.48. The number of anilines is 1. The molecule has 8 nitrogen and oxygen atoms in total. The Balaban J connectivity index is 2.05. The van der Waals surface area contributed by atoms with Crippen molar-refractivity contribution < 1.29 is 24.6 Å². The molecular formula is C12H17N4O4+. The van der Waals surface area contributed by atoms with Gasteiger partial charge in [-0.1, -0.05) is 4.98 Å². The molecule has 1 fully saturated rings. The number of aryl methyl sites for hydroxylation is 1. The summed E-state index contributed by atoms with van der Waals surface area (Å²) in [5.74, 6) is 0.542. The first kappa shape index (κ1) is 13.3. The van der Waals surface area contributed by atoms with E-state index in [2.05, 4.69) is 4.98 Å². The third-order valence-corrected chi connectivity index (χ3v) is 3.69. The van der Waals surface area contributed by atoms with Crippen LogP contribution in [0.25, 0.3) is 11.0 Å². The Morgan fingerprint density at radius 2 is 2.20 bits per heavy atom. The van der Waals surface area contributed by atoms with Crippen molar-refractivity contribution in [2.75, 3.05) is 12.3 Å². The molecule has 0 aromatic carbocycles. The highest BCUT2D eigenvalue weighted by atomic mass is 16.6. The monoisotopic (exact) mass is 281 g/mol. The predicted molar refractivity (Wildman–Crippen MR) is 68.3 cm³/mol. The van der Waals surface area contributed by atoms with Gasteiger partial charge in [-0.15, -0.1) is 0 Å². The summed E-state index contributed by atoms with van der Waals surface area (Å²) in [4.78, 5) is 4.27. The summed E-state index contributed by atoms with van der Waals surface area (Å²) in [6, 6.07) is 1.77. The molecule has 4 atom stereocenters. The van der Waals surface area contributed by atoms with E-state index in [1.165, 1.54) is 0 Å². The van der Waals surface area contributed by atoms with Crippen LogP contribution < -0.4 is 10.3 Å². The first-order valence-corrected chi connectivity index (χ1v) is 6.27. The summed E-state index contributed by atoms with van der Waals surface area (Å²) >= 11 is 0. The number of nitrogens with two attached hydrogens (primary N) is 1. The molecule has 3 rings (SSSR count). The standard InChI is InChI=1S/C12H16N4O4/c1-15-5-14-11-6(10(15)13)2-3-16(11)12-9(19)8(18)7(4-17)20-12/h2-3,5,7-9,12-13,17-19H,4H2,1H3/p+1/t7-,8+,9-,12-/m0/s1. The first-order chi connectivity index (χ1) is 9.54. The van der Waals surface area contributed by atoms with Crippen molar-refractivity contribution in [1.82, 2.24) is 9.55 Å². The number of ether oxygens (including phenoxy) is 1. The maximum absolute atomic E-state index is 10.0. The normalized spacial score (nSPS) is 30.2. The van der Waals surface area contributed by atoms with Crippen LogP contribution in [0.5, 0.6) is 0 Å². The van der Waals surface area contributed by atoms with E-state index in [9.17, 15) is 10.2 Å². The average molecular weight is 281 g/mol. The highest BCUT2D eigenvalue weighted by molar-refractivity contribution is 5.84. The Bertz CT molecular complexity index is 644. The molecule has 1 saturated heterocycles. The van der Waals surface area contributed by atoms with Gasteiger partial charge in [-0.3, -0.25) is 4.57 Å². The van der Waals surface area contributed by atoms with Gasteiger partial charge in [0, 0.05) is 6.20 Å². The van der Waals surface area contributed by atoms with Crippen LogP contribution >= 0.6 is 0 Å². The van der Waals surface area contributed by atoms with Gasteiger partial charge in [-0.05, 0) is 6.07 Å². The molecule has 1 aliphatic heterocycles. The van der Waals surface area contributed by atoms with E-state index in [0.29, 0.717) is 11.5 Å². The van der Waals surface area contributed by atoms with Crippen LogP contribution in [0, 0.1) is 0 Å². The quantitative estimate of drug-likeness (QED) is 0.475. The number of hydrogen-bond donors (Lipinski definition) is 4. The number of fused-ring (bicyclic) bond motifs is 1. The van der Waals surface area contributed by atoms with Crippen molar-refractivity contribution in [1.29, 1.82) is 0 Å². The number of nitrogen functional groups attached to an aromatic ring is 1. The van der Waals surface area contributed by atoms with E-state index in [-0.39, 0.29) is 6.61 Å². The minimum atomic E-state index is -1.14. The molecule has 0 saturated carbocycles. The average Bonchev–Trinajstić information content (AvgIpc) is 2.98. The summed E-state index contributed by atoms with van der Waals surface area (Å²) in [5.41, 5.74) is 6.51. The van der Waals surface area contributed by atoms with E-state index >= 15 is 0 Å². The zero-order valence-corrected chi connectivity index (χ0v) is 10.9. The van der Waals surface area contributed by atoms with Crippen LogP contribution in [-0.2, 0) is 11.8 Å². The molecular weight excluding hydrogens is 264 g/mol. The van der Waals surface area contributed by atoms with Gasteiger partial charge in [-0.2, -0.15) is 0 Å². The van der Waals surface area contributed by atoms with Gasteiger partial charge in [0.25, 0.3) is 0 Å². The van der Waals surface area contributed by atoms with Gasteiger partial charge in [0.2, 0.25) is 17.8 Å². The third-order valence-electron chi connectivity index (χ3n) is 3.69. The fraction of sp³-hybridized carbons (Fsp3) is 0.500. The SMILES string of the molecule is C[n+]1cnc2c(ccn2[C@H]2O[C@@H](CO)[C@@H](O)[C@@H]2O)c1N. The zero-order chi connectivity index (χ0) is 14.4. The lowest BCUT2D eigenvalue weighted by Crippen LogP contribution is -2.33. The number of aliphatic hydroxyl groups is 3. The molecule has 0 bridgehead atoms. The van der Waals surface area contributed by atoms with Crippen LogP contribution in [-0.4, -0.2) is 49.8 Å². The van der Waals surface area contributed by atoms with E-state index in [4.69, 9.17) is 15.6 Å². The lowest BCUT2D eigenvalue weighted by atomic mass is 10.1. The Labute approximate surface area is 114 Å². The molecule has 3 heterocycles. The minimum absolute atomic E-state index is 0.363. The van der Waals surface area contributed by atoms with Crippen molar-refractivity contribution in [2.24, 2.45) is 7.05 Å². The van der Waals surface area contributed by atoms with Gasteiger partial charge in [0.05, 0.1) is 13.7 Å². The van der Waals surface area contributed by atoms with Gasteiger partial charge in [-0.25, -0.2) is 4.57 Å². The molecule has 20 heavy (non-hydrogen) atoms. The minimum Gasteiger partial charge on any atom is -0.394 e. The number of aromatic nitrogens is 3. The van der Waals surface area contributed by atoms with Crippen molar-refractivity contribution in [3.05, 3.63) is 18.6 Å². The van der Waals surface area contributed by atoms with Crippen molar-refractivity contribution in [3.63, 3.8) is 0 Å². The molecule has 0 spiro atoms. The van der Waals surface area contributed by atoms with E-state index in [1.807, 2.05) is 0 Å². The van der Waals surface area contributed by atoms with E-state index < -0.39 is 24.5 Å². The van der Waals surface area contributed by atoms with Crippen LogP contribution in [0.15, 0.2) is 18.6 Å². The zero-order valence-electron chi connectivity index (χ0n) is 10.9. The summed E-state index contributed by atoms with van der Waals surface area (Å²) in [6.07, 6.45) is -0.646. The molecule has 2 aromatic heterocycles. The molecule has 108 valence electrons. The Hall–Kier alpha value is -1.74. The Morgan fingerprint density at radius 3 is 2.85 bits per heavy atom. The van der Waals surface area contributed by atoms with Crippen molar-refractivity contribution >= 4 is 16.9 Å².